The van der Waals surface area contributed by atoms with Crippen LogP contribution < -0.4 is 5.32 Å². The van der Waals surface area contributed by atoms with E-state index in [1.807, 2.05) is 0 Å². The van der Waals surface area contributed by atoms with Crippen molar-refractivity contribution in [2.75, 3.05) is 38.5 Å². The topological polar surface area (TPSA) is 18.5 Å². The lowest BCUT2D eigenvalue weighted by Crippen LogP contribution is -2.72. The summed E-state index contributed by atoms with van der Waals surface area (Å²) in [4.78, 5) is 4.34. The highest BCUT2D eigenvalue weighted by molar-refractivity contribution is 7.80. The van der Waals surface area contributed by atoms with E-state index in [1.54, 1.807) is 0 Å². The second-order valence-corrected chi connectivity index (χ2v) is 5.97. The number of nitrogens with one attached hydrogen (secondary N) is 1. The van der Waals surface area contributed by atoms with Crippen LogP contribution in [0.4, 0.5) is 14.5 Å². The van der Waals surface area contributed by atoms with Crippen molar-refractivity contribution in [3.63, 3.8) is 0 Å². The normalized spacial score (nSPS) is 20.9. The Kier molecular flexibility index (Phi) is 2.94. The minimum Gasteiger partial charge on any atom is -0.348 e. The van der Waals surface area contributed by atoms with Gasteiger partial charge in [-0.2, -0.15) is 0 Å². The first-order chi connectivity index (χ1) is 8.97. The van der Waals surface area contributed by atoms with Crippen LogP contribution in [0.15, 0.2) is 18.2 Å². The van der Waals surface area contributed by atoms with Crippen molar-refractivity contribution in [3.8, 4) is 0 Å². The van der Waals surface area contributed by atoms with E-state index in [0.29, 0.717) is 16.2 Å². The van der Waals surface area contributed by atoms with Gasteiger partial charge in [-0.05, 0) is 31.4 Å². The lowest BCUT2D eigenvalue weighted by molar-refractivity contribution is -0.0726. The highest BCUT2D eigenvalue weighted by Gasteiger charge is 2.51. The summed E-state index contributed by atoms with van der Waals surface area (Å²) in [6, 6.07) is 3.70. The fourth-order valence-corrected chi connectivity index (χ4v) is 3.23. The molecule has 1 aromatic carbocycles. The molecule has 1 aromatic rings. The van der Waals surface area contributed by atoms with E-state index in [4.69, 9.17) is 12.2 Å². The van der Waals surface area contributed by atoms with Crippen LogP contribution >= 0.6 is 12.2 Å². The Bertz CT molecular complexity index is 521. The molecule has 0 atom stereocenters. The van der Waals surface area contributed by atoms with Gasteiger partial charge in [0.1, 0.15) is 0 Å². The maximum absolute atomic E-state index is 13.1. The van der Waals surface area contributed by atoms with Crippen LogP contribution in [0.5, 0.6) is 0 Å². The molecule has 3 rings (SSSR count). The number of halogens is 2. The standard InChI is InChI=1S/C13H15F2N3S/c1-17-5-13(6-17)7-18(8-13)12(19)16-9-2-3-10(14)11(15)4-9/h2-4H,5-8H2,1H3,(H,16,19). The number of hydrogen-bond acceptors (Lipinski definition) is 2. The molecule has 0 amide bonds. The molecular formula is C13H15F2N3S. The zero-order valence-corrected chi connectivity index (χ0v) is 11.4. The summed E-state index contributed by atoms with van der Waals surface area (Å²) >= 11 is 5.27. The number of rotatable bonds is 1. The maximum Gasteiger partial charge on any atom is 0.173 e. The molecule has 0 unspecified atom stereocenters. The van der Waals surface area contributed by atoms with Crippen molar-refractivity contribution in [2.45, 2.75) is 0 Å². The first-order valence-electron chi connectivity index (χ1n) is 6.17. The van der Waals surface area contributed by atoms with Crippen LogP contribution in [0.3, 0.4) is 0 Å². The first kappa shape index (κ1) is 12.7. The molecule has 1 spiro atoms. The average Bonchev–Trinajstić information content (AvgIpc) is 2.26. The predicted molar refractivity (Wildman–Crippen MR) is 74.1 cm³/mol. The lowest BCUT2D eigenvalue weighted by atomic mass is 9.73. The SMILES string of the molecule is CN1CC2(C1)CN(C(=S)Nc1ccc(F)c(F)c1)C2. The summed E-state index contributed by atoms with van der Waals surface area (Å²) in [6.07, 6.45) is 0. The summed E-state index contributed by atoms with van der Waals surface area (Å²) in [5.74, 6) is -1.72. The molecule has 1 N–H and O–H groups in total. The second kappa shape index (κ2) is 4.38. The van der Waals surface area contributed by atoms with Crippen LogP contribution in [-0.2, 0) is 0 Å². The Morgan fingerprint density at radius 3 is 2.47 bits per heavy atom. The number of hydrogen-bond donors (Lipinski definition) is 1. The van der Waals surface area contributed by atoms with Crippen LogP contribution in [0.1, 0.15) is 0 Å². The smallest absolute Gasteiger partial charge is 0.173 e. The van der Waals surface area contributed by atoms with Crippen LogP contribution in [0.2, 0.25) is 0 Å². The fourth-order valence-electron chi connectivity index (χ4n) is 2.98. The van der Waals surface area contributed by atoms with Gasteiger partial charge in [-0.15, -0.1) is 0 Å². The molecule has 2 aliphatic rings. The van der Waals surface area contributed by atoms with Gasteiger partial charge >= 0.3 is 0 Å². The molecule has 2 fully saturated rings. The number of nitrogens with zero attached hydrogens (tertiary/aromatic N) is 2. The quantitative estimate of drug-likeness (QED) is 0.793. The van der Waals surface area contributed by atoms with Crippen molar-refractivity contribution >= 4 is 23.0 Å². The van der Waals surface area contributed by atoms with Crippen molar-refractivity contribution in [1.82, 2.24) is 9.80 Å². The molecule has 19 heavy (non-hydrogen) atoms. The van der Waals surface area contributed by atoms with Crippen LogP contribution in [-0.4, -0.2) is 48.1 Å². The molecule has 0 radical (unpaired) electrons. The molecule has 2 heterocycles. The molecule has 6 heteroatoms. The highest BCUT2D eigenvalue weighted by atomic mass is 32.1. The van der Waals surface area contributed by atoms with Crippen molar-refractivity contribution in [2.24, 2.45) is 5.41 Å². The van der Waals surface area contributed by atoms with E-state index >= 15 is 0 Å². The molecular weight excluding hydrogens is 268 g/mol. The fraction of sp³-hybridized carbons (Fsp3) is 0.462. The monoisotopic (exact) mass is 283 g/mol. The Labute approximate surface area is 116 Å². The zero-order chi connectivity index (χ0) is 13.6. The van der Waals surface area contributed by atoms with E-state index in [0.717, 1.165) is 38.3 Å². The molecule has 2 saturated heterocycles. The van der Waals surface area contributed by atoms with Gasteiger partial charge in [-0.3, -0.25) is 0 Å². The van der Waals surface area contributed by atoms with Gasteiger partial charge in [-0.25, -0.2) is 8.78 Å². The van der Waals surface area contributed by atoms with Gasteiger partial charge in [-0.1, -0.05) is 0 Å². The molecule has 0 bridgehead atoms. The second-order valence-electron chi connectivity index (χ2n) is 5.59. The summed E-state index contributed by atoms with van der Waals surface area (Å²) < 4.78 is 25.9. The largest absolute Gasteiger partial charge is 0.348 e. The highest BCUT2D eigenvalue weighted by Crippen LogP contribution is 2.38. The molecule has 0 aromatic heterocycles. The van der Waals surface area contributed by atoms with Crippen LogP contribution in [0.25, 0.3) is 0 Å². The summed E-state index contributed by atoms with van der Waals surface area (Å²) in [6.45, 7) is 4.09. The summed E-state index contributed by atoms with van der Waals surface area (Å²) in [5, 5.41) is 3.52. The number of likely N-dealkylation sites (tertiary alicyclic amines) is 2. The van der Waals surface area contributed by atoms with Gasteiger partial charge in [0.15, 0.2) is 16.7 Å². The Balaban J connectivity index is 1.56. The number of thiocarbonyl (C=S) groups is 1. The predicted octanol–water partition coefficient (Wildman–Crippen LogP) is 1.91. The molecule has 0 saturated carbocycles. The van der Waals surface area contributed by atoms with Crippen molar-refractivity contribution < 1.29 is 8.78 Å². The number of benzene rings is 1. The maximum atomic E-state index is 13.1. The third-order valence-electron chi connectivity index (χ3n) is 3.72. The average molecular weight is 283 g/mol. The van der Waals surface area contributed by atoms with Gasteiger partial charge in [0.05, 0.1) is 0 Å². The summed E-state index contributed by atoms with van der Waals surface area (Å²) in [5.41, 5.74) is 0.879. The minimum absolute atomic E-state index is 0.397. The van der Waals surface area contributed by atoms with Crippen molar-refractivity contribution in [1.29, 1.82) is 0 Å². The van der Waals surface area contributed by atoms with E-state index in [2.05, 4.69) is 22.2 Å². The van der Waals surface area contributed by atoms with E-state index in [1.165, 1.54) is 6.07 Å². The van der Waals surface area contributed by atoms with Gasteiger partial charge in [0, 0.05) is 43.3 Å². The minimum atomic E-state index is -0.867. The lowest BCUT2D eigenvalue weighted by Gasteiger charge is -2.60. The van der Waals surface area contributed by atoms with E-state index in [9.17, 15) is 8.78 Å². The molecule has 3 nitrogen and oxygen atoms in total. The third kappa shape index (κ3) is 2.30. The molecule has 0 aliphatic carbocycles. The van der Waals surface area contributed by atoms with Gasteiger partial charge in [0.2, 0.25) is 0 Å². The van der Waals surface area contributed by atoms with Crippen LogP contribution in [0, 0.1) is 17.0 Å². The molecule has 102 valence electrons. The van der Waals surface area contributed by atoms with Gasteiger partial charge < -0.3 is 15.1 Å². The van der Waals surface area contributed by atoms with E-state index < -0.39 is 11.6 Å². The van der Waals surface area contributed by atoms with Gasteiger partial charge in [0.25, 0.3) is 0 Å². The molecule has 2 aliphatic heterocycles. The Morgan fingerprint density at radius 2 is 1.89 bits per heavy atom. The Hall–Kier alpha value is -1.27. The van der Waals surface area contributed by atoms with Crippen molar-refractivity contribution in [3.05, 3.63) is 29.8 Å². The first-order valence-corrected chi connectivity index (χ1v) is 6.58. The van der Waals surface area contributed by atoms with E-state index in [-0.39, 0.29) is 0 Å². The summed E-state index contributed by atoms with van der Waals surface area (Å²) in [7, 11) is 2.10. The number of anilines is 1. The zero-order valence-electron chi connectivity index (χ0n) is 10.6. The third-order valence-corrected chi connectivity index (χ3v) is 4.08. The Morgan fingerprint density at radius 1 is 1.21 bits per heavy atom.